The van der Waals surface area contributed by atoms with Crippen molar-refractivity contribution in [1.82, 2.24) is 0 Å². The van der Waals surface area contributed by atoms with Crippen molar-refractivity contribution in [3.8, 4) is 0 Å². The normalized spacial score (nSPS) is 42.9. The molecule has 4 aliphatic carbocycles. The van der Waals surface area contributed by atoms with E-state index >= 15 is 0 Å². The second-order valence-corrected chi connectivity index (χ2v) is 19.3. The molecule has 0 aromatic carbocycles. The molecule has 0 saturated heterocycles. The van der Waals surface area contributed by atoms with Crippen LogP contribution in [0.4, 0.5) is 0 Å². The highest BCUT2D eigenvalue weighted by atomic mass is 16.5. The summed E-state index contributed by atoms with van der Waals surface area (Å²) >= 11 is 0. The molecule has 0 aliphatic heterocycles. The topological polar surface area (TPSA) is 66.8 Å². The fourth-order valence-electron chi connectivity index (χ4n) is 12.4. The lowest BCUT2D eigenvalue weighted by Crippen LogP contribution is -2.57. The van der Waals surface area contributed by atoms with Gasteiger partial charge in [-0.3, -0.25) is 4.79 Å². The summed E-state index contributed by atoms with van der Waals surface area (Å²) in [5, 5.41) is 23.0. The Labute approximate surface area is 272 Å². The number of ether oxygens (including phenoxy) is 1. The molecule has 4 saturated carbocycles. The summed E-state index contributed by atoms with van der Waals surface area (Å²) in [6.07, 6.45) is 17.1. The number of hydrogen-bond donors (Lipinski definition) is 2. The van der Waals surface area contributed by atoms with Crippen LogP contribution in [0.1, 0.15) is 172 Å². The van der Waals surface area contributed by atoms with E-state index < -0.39 is 11.2 Å². The molecule has 256 valence electrons. The average Bonchev–Trinajstić information content (AvgIpc) is 2.86. The lowest BCUT2D eigenvalue weighted by molar-refractivity contribution is -0.170. The van der Waals surface area contributed by atoms with E-state index in [1.165, 1.54) is 38.5 Å². The average molecular weight is 617 g/mol. The molecule has 0 spiro atoms. The molecule has 0 aromatic heterocycles. The number of carbonyl (C=O) groups is 1. The predicted octanol–water partition coefficient (Wildman–Crippen LogP) is 10.1. The van der Waals surface area contributed by atoms with E-state index in [9.17, 15) is 15.0 Å². The number of carbonyl (C=O) groups excluding carboxylic acids is 1. The van der Waals surface area contributed by atoms with Gasteiger partial charge in [-0.05, 0) is 148 Å². The minimum atomic E-state index is -0.619. The monoisotopic (exact) mass is 617 g/mol. The van der Waals surface area contributed by atoms with Gasteiger partial charge in [0.15, 0.2) is 0 Å². The molecule has 10 atom stereocenters. The quantitative estimate of drug-likeness (QED) is 0.227. The van der Waals surface area contributed by atoms with Crippen molar-refractivity contribution < 1.29 is 19.7 Å². The summed E-state index contributed by atoms with van der Waals surface area (Å²) in [7, 11) is 0. The molecular weight excluding hydrogens is 544 g/mol. The van der Waals surface area contributed by atoms with Crippen molar-refractivity contribution in [2.24, 2.45) is 57.2 Å². The van der Waals surface area contributed by atoms with Crippen LogP contribution >= 0.6 is 0 Å². The maximum atomic E-state index is 12.8. The van der Waals surface area contributed by atoms with Crippen LogP contribution < -0.4 is 0 Å². The van der Waals surface area contributed by atoms with Crippen molar-refractivity contribution >= 4 is 5.97 Å². The zero-order valence-electron chi connectivity index (χ0n) is 30.7. The Hall–Kier alpha value is -0.610. The highest BCUT2D eigenvalue weighted by Crippen LogP contribution is 2.64. The van der Waals surface area contributed by atoms with Gasteiger partial charge >= 0.3 is 5.97 Å². The number of esters is 1. The Balaban J connectivity index is 1.21. The van der Waals surface area contributed by atoms with E-state index in [0.717, 1.165) is 57.8 Å². The van der Waals surface area contributed by atoms with Crippen molar-refractivity contribution in [3.05, 3.63) is 0 Å². The van der Waals surface area contributed by atoms with Gasteiger partial charge in [0, 0.05) is 6.42 Å². The SMILES string of the molecule is CC(CCOC(=O)CC(C)CC[C@H]1[C@]2(C)CCCC(C)(C)[C@H]2CC[C@]1(C)O)CC[C@@H]1[C@@]2(C)CCCC(C)(C)[C@@H]2CC[C@@]1(C)O. The zero-order chi connectivity index (χ0) is 32.8. The molecule has 4 nitrogen and oxygen atoms in total. The Morgan fingerprint density at radius 1 is 0.659 bits per heavy atom. The maximum Gasteiger partial charge on any atom is 0.306 e. The molecule has 0 aromatic rings. The van der Waals surface area contributed by atoms with E-state index in [2.05, 4.69) is 69.2 Å². The van der Waals surface area contributed by atoms with Gasteiger partial charge in [0.2, 0.25) is 0 Å². The molecule has 2 N–H and O–H groups in total. The van der Waals surface area contributed by atoms with Gasteiger partial charge < -0.3 is 14.9 Å². The smallest absolute Gasteiger partial charge is 0.306 e. The van der Waals surface area contributed by atoms with Crippen LogP contribution in [0.25, 0.3) is 0 Å². The highest BCUT2D eigenvalue weighted by molar-refractivity contribution is 5.69. The molecule has 2 unspecified atom stereocenters. The minimum absolute atomic E-state index is 0.0713. The van der Waals surface area contributed by atoms with E-state index in [-0.39, 0.29) is 28.6 Å². The Morgan fingerprint density at radius 2 is 1.09 bits per heavy atom. The zero-order valence-corrected chi connectivity index (χ0v) is 30.7. The fraction of sp³-hybridized carbons (Fsp3) is 0.975. The summed E-state index contributed by atoms with van der Waals surface area (Å²) < 4.78 is 5.78. The third-order valence-corrected chi connectivity index (χ3v) is 14.8. The van der Waals surface area contributed by atoms with Crippen LogP contribution in [0.5, 0.6) is 0 Å². The third-order valence-electron chi connectivity index (χ3n) is 14.8. The summed E-state index contributed by atoms with van der Waals surface area (Å²) in [6.45, 7) is 23.9. The second kappa shape index (κ2) is 13.1. The van der Waals surface area contributed by atoms with Crippen LogP contribution in [0.2, 0.25) is 0 Å². The number of aliphatic hydroxyl groups is 2. The van der Waals surface area contributed by atoms with E-state index in [1.54, 1.807) is 0 Å². The minimum Gasteiger partial charge on any atom is -0.466 e. The van der Waals surface area contributed by atoms with Crippen LogP contribution in [-0.2, 0) is 9.53 Å². The third kappa shape index (κ3) is 7.42. The fourth-order valence-corrected chi connectivity index (χ4v) is 12.4. The standard InChI is InChI=1S/C40H72O4/c1-28(13-15-32-37(7)22-11-20-35(3,4)30(37)17-24-39(32,9)42)19-26-44-34(41)27-29(2)14-16-33-38(8)23-12-21-36(5,6)31(38)18-25-40(33,10)43/h28-33,42-43H,11-27H2,1-10H3/t28?,29?,30-,31+,32+,33-,37-,38+,39+,40-/m0/s1. The first-order valence-corrected chi connectivity index (χ1v) is 18.8. The first-order valence-electron chi connectivity index (χ1n) is 18.8. The van der Waals surface area contributed by atoms with Crippen molar-refractivity contribution in [2.75, 3.05) is 6.61 Å². The van der Waals surface area contributed by atoms with Gasteiger partial charge in [-0.1, -0.05) is 74.7 Å². The van der Waals surface area contributed by atoms with E-state index in [1.807, 2.05) is 0 Å². The van der Waals surface area contributed by atoms with Gasteiger partial charge in [-0.15, -0.1) is 0 Å². The molecule has 0 amide bonds. The number of hydrogen-bond acceptors (Lipinski definition) is 4. The van der Waals surface area contributed by atoms with Crippen molar-refractivity contribution in [2.45, 2.75) is 183 Å². The van der Waals surface area contributed by atoms with Crippen LogP contribution in [0, 0.1) is 57.2 Å². The lowest BCUT2D eigenvalue weighted by Gasteiger charge is -2.61. The molecular formula is C40H72O4. The van der Waals surface area contributed by atoms with Gasteiger partial charge in [-0.25, -0.2) is 0 Å². The highest BCUT2D eigenvalue weighted by Gasteiger charge is 2.59. The molecule has 44 heavy (non-hydrogen) atoms. The Bertz CT molecular complexity index is 980. The molecule has 4 rings (SSSR count). The van der Waals surface area contributed by atoms with Crippen LogP contribution in [-0.4, -0.2) is 34.0 Å². The van der Waals surface area contributed by atoms with E-state index in [0.29, 0.717) is 47.5 Å². The van der Waals surface area contributed by atoms with Crippen LogP contribution in [0.15, 0.2) is 0 Å². The summed E-state index contributed by atoms with van der Waals surface area (Å²) in [5.41, 5.74) is -0.113. The van der Waals surface area contributed by atoms with Gasteiger partial charge in [0.25, 0.3) is 0 Å². The number of fused-ring (bicyclic) bond motifs is 2. The maximum absolute atomic E-state index is 12.8. The van der Waals surface area contributed by atoms with Crippen molar-refractivity contribution in [1.29, 1.82) is 0 Å². The van der Waals surface area contributed by atoms with Gasteiger partial charge in [0.1, 0.15) is 0 Å². The Kier molecular flexibility index (Phi) is 10.8. The second-order valence-electron chi connectivity index (χ2n) is 19.3. The van der Waals surface area contributed by atoms with Crippen LogP contribution in [0.3, 0.4) is 0 Å². The number of rotatable bonds is 11. The lowest BCUT2D eigenvalue weighted by atomic mass is 9.45. The Morgan fingerprint density at radius 3 is 1.55 bits per heavy atom. The predicted molar refractivity (Wildman–Crippen MR) is 182 cm³/mol. The molecule has 0 heterocycles. The molecule has 0 bridgehead atoms. The molecule has 4 heteroatoms. The van der Waals surface area contributed by atoms with E-state index in [4.69, 9.17) is 4.74 Å². The largest absolute Gasteiger partial charge is 0.466 e. The summed E-state index contributed by atoms with van der Waals surface area (Å²) in [4.78, 5) is 12.8. The summed E-state index contributed by atoms with van der Waals surface area (Å²) in [5.74, 6) is 2.64. The first kappa shape index (κ1) is 36.2. The first-order chi connectivity index (χ1) is 20.2. The molecule has 4 aliphatic rings. The summed E-state index contributed by atoms with van der Waals surface area (Å²) in [6, 6.07) is 0. The molecule has 0 radical (unpaired) electrons. The molecule has 4 fully saturated rings. The van der Waals surface area contributed by atoms with Crippen molar-refractivity contribution in [3.63, 3.8) is 0 Å². The van der Waals surface area contributed by atoms with Gasteiger partial charge in [-0.2, -0.15) is 0 Å². The van der Waals surface area contributed by atoms with Gasteiger partial charge in [0.05, 0.1) is 17.8 Å².